The highest BCUT2D eigenvalue weighted by molar-refractivity contribution is 7.99. The smallest absolute Gasteiger partial charge is 0.242 e. The first-order chi connectivity index (χ1) is 9.55. The molecule has 0 amide bonds. The average Bonchev–Trinajstić information content (AvgIpc) is 2.89. The van der Waals surface area contributed by atoms with Crippen LogP contribution in [0.3, 0.4) is 0 Å². The number of rotatable bonds is 6. The van der Waals surface area contributed by atoms with Gasteiger partial charge in [0.15, 0.2) is 0 Å². The number of sulfonamides is 1. The number of aromatic nitrogens is 1. The predicted octanol–water partition coefficient (Wildman–Crippen LogP) is 1.69. The minimum atomic E-state index is -3.40. The lowest BCUT2D eigenvalue weighted by Gasteiger charge is -2.27. The Bertz CT molecular complexity index is 519. The molecule has 1 aromatic heterocycles. The van der Waals surface area contributed by atoms with Crippen LogP contribution in [0, 0.1) is 0 Å². The van der Waals surface area contributed by atoms with Crippen LogP contribution in [0.15, 0.2) is 17.2 Å². The van der Waals surface area contributed by atoms with Gasteiger partial charge in [0.05, 0.1) is 4.90 Å². The summed E-state index contributed by atoms with van der Waals surface area (Å²) in [7, 11) is -1.57. The number of H-pyrrole nitrogens is 1. The van der Waals surface area contributed by atoms with E-state index in [0.29, 0.717) is 16.7 Å². The van der Waals surface area contributed by atoms with Crippen LogP contribution in [0.4, 0.5) is 0 Å². The standard InChI is InChI=1S/C13H23N3O2S2/c1-14-8-11-7-13(9-15-11)20(17,18)16-10-3-5-12(19-2)6-4-10/h7,9-10,12,14-16H,3-6,8H2,1-2H3. The molecule has 1 aromatic rings. The van der Waals surface area contributed by atoms with Gasteiger partial charge in [-0.3, -0.25) is 0 Å². The second-order valence-electron chi connectivity index (χ2n) is 5.22. The molecular weight excluding hydrogens is 294 g/mol. The molecule has 114 valence electrons. The van der Waals surface area contributed by atoms with Crippen molar-refractivity contribution >= 4 is 21.8 Å². The molecule has 1 heterocycles. The van der Waals surface area contributed by atoms with Crippen LogP contribution >= 0.6 is 11.8 Å². The molecule has 0 unspecified atom stereocenters. The van der Waals surface area contributed by atoms with Crippen molar-refractivity contribution in [3.8, 4) is 0 Å². The Labute approximate surface area is 125 Å². The molecule has 2 rings (SSSR count). The van der Waals surface area contributed by atoms with Gasteiger partial charge in [0.1, 0.15) is 0 Å². The molecule has 20 heavy (non-hydrogen) atoms. The van der Waals surface area contributed by atoms with Crippen molar-refractivity contribution in [1.82, 2.24) is 15.0 Å². The van der Waals surface area contributed by atoms with E-state index in [1.807, 2.05) is 18.8 Å². The highest BCUT2D eigenvalue weighted by Gasteiger charge is 2.25. The third-order valence-electron chi connectivity index (χ3n) is 3.72. The van der Waals surface area contributed by atoms with Crippen LogP contribution in [0.25, 0.3) is 0 Å². The van der Waals surface area contributed by atoms with E-state index in [9.17, 15) is 8.42 Å². The number of aromatic amines is 1. The molecule has 7 heteroatoms. The lowest BCUT2D eigenvalue weighted by molar-refractivity contribution is 0.420. The van der Waals surface area contributed by atoms with E-state index in [4.69, 9.17) is 0 Å². The Balaban J connectivity index is 1.96. The van der Waals surface area contributed by atoms with Gasteiger partial charge in [0.25, 0.3) is 0 Å². The fourth-order valence-corrected chi connectivity index (χ4v) is 4.64. The Morgan fingerprint density at radius 1 is 1.35 bits per heavy atom. The summed E-state index contributed by atoms with van der Waals surface area (Å²) in [5.41, 5.74) is 0.874. The first kappa shape index (κ1) is 15.9. The van der Waals surface area contributed by atoms with Crippen molar-refractivity contribution in [2.75, 3.05) is 13.3 Å². The number of hydrogen-bond donors (Lipinski definition) is 3. The maximum atomic E-state index is 12.3. The minimum Gasteiger partial charge on any atom is -0.363 e. The zero-order valence-corrected chi connectivity index (χ0v) is 13.6. The highest BCUT2D eigenvalue weighted by Crippen LogP contribution is 2.27. The van der Waals surface area contributed by atoms with E-state index < -0.39 is 10.0 Å². The van der Waals surface area contributed by atoms with Gasteiger partial charge in [-0.25, -0.2) is 13.1 Å². The minimum absolute atomic E-state index is 0.0750. The predicted molar refractivity (Wildman–Crippen MR) is 83.4 cm³/mol. The largest absolute Gasteiger partial charge is 0.363 e. The van der Waals surface area contributed by atoms with Crippen molar-refractivity contribution in [2.45, 2.75) is 48.4 Å². The monoisotopic (exact) mass is 317 g/mol. The van der Waals surface area contributed by atoms with Gasteiger partial charge in [0.2, 0.25) is 10.0 Å². The van der Waals surface area contributed by atoms with Gasteiger partial charge in [-0.2, -0.15) is 11.8 Å². The summed E-state index contributed by atoms with van der Waals surface area (Å²) in [6, 6.07) is 1.76. The molecule has 5 nitrogen and oxygen atoms in total. The molecule has 1 aliphatic carbocycles. The van der Waals surface area contributed by atoms with Gasteiger partial charge in [0, 0.05) is 29.7 Å². The van der Waals surface area contributed by atoms with E-state index in [2.05, 4.69) is 21.3 Å². The Hall–Kier alpha value is -0.500. The molecule has 0 saturated heterocycles. The molecule has 1 fully saturated rings. The molecule has 3 N–H and O–H groups in total. The highest BCUT2D eigenvalue weighted by atomic mass is 32.2. The van der Waals surface area contributed by atoms with Gasteiger partial charge in [-0.15, -0.1) is 0 Å². The molecule has 1 saturated carbocycles. The first-order valence-corrected chi connectivity index (χ1v) is 9.69. The van der Waals surface area contributed by atoms with Gasteiger partial charge < -0.3 is 10.3 Å². The lowest BCUT2D eigenvalue weighted by atomic mass is 9.96. The molecule has 0 atom stereocenters. The quantitative estimate of drug-likeness (QED) is 0.746. The van der Waals surface area contributed by atoms with Crippen molar-refractivity contribution in [1.29, 1.82) is 0 Å². The summed E-state index contributed by atoms with van der Waals surface area (Å²) in [6.07, 6.45) is 7.72. The summed E-state index contributed by atoms with van der Waals surface area (Å²) in [6.45, 7) is 0.633. The van der Waals surface area contributed by atoms with Crippen LogP contribution in [0.2, 0.25) is 0 Å². The summed E-state index contributed by atoms with van der Waals surface area (Å²) >= 11 is 1.88. The Kier molecular flexibility index (Phi) is 5.54. The number of thioether (sulfide) groups is 1. The summed E-state index contributed by atoms with van der Waals surface area (Å²) < 4.78 is 27.5. The second kappa shape index (κ2) is 6.98. The van der Waals surface area contributed by atoms with Crippen molar-refractivity contribution < 1.29 is 8.42 Å². The molecule has 0 aliphatic heterocycles. The van der Waals surface area contributed by atoms with Crippen LogP contribution in [-0.2, 0) is 16.6 Å². The SMILES string of the molecule is CNCc1cc(S(=O)(=O)NC2CCC(SC)CC2)c[nH]1. The van der Waals surface area contributed by atoms with Crippen LogP contribution < -0.4 is 10.0 Å². The van der Waals surface area contributed by atoms with Gasteiger partial charge in [-0.05, 0) is 45.1 Å². The maximum absolute atomic E-state index is 12.3. The summed E-state index contributed by atoms with van der Waals surface area (Å²) in [5, 5.41) is 3.68. The molecule has 0 aromatic carbocycles. The Morgan fingerprint density at radius 3 is 2.65 bits per heavy atom. The molecule has 1 aliphatic rings. The maximum Gasteiger partial charge on any atom is 0.242 e. The van der Waals surface area contributed by atoms with Gasteiger partial charge >= 0.3 is 0 Å². The third-order valence-corrected chi connectivity index (χ3v) is 6.36. The van der Waals surface area contributed by atoms with E-state index in [0.717, 1.165) is 31.4 Å². The molecular formula is C13H23N3O2S2. The van der Waals surface area contributed by atoms with E-state index in [1.165, 1.54) is 0 Å². The van der Waals surface area contributed by atoms with Crippen LogP contribution in [0.5, 0.6) is 0 Å². The van der Waals surface area contributed by atoms with E-state index in [1.54, 1.807) is 12.3 Å². The topological polar surface area (TPSA) is 74.0 Å². The zero-order chi connectivity index (χ0) is 14.6. The molecule has 0 bridgehead atoms. The van der Waals surface area contributed by atoms with Gasteiger partial charge in [-0.1, -0.05) is 0 Å². The second-order valence-corrected chi connectivity index (χ2v) is 8.07. The lowest BCUT2D eigenvalue weighted by Crippen LogP contribution is -2.37. The fraction of sp³-hybridized carbons (Fsp3) is 0.692. The first-order valence-electron chi connectivity index (χ1n) is 6.92. The van der Waals surface area contributed by atoms with Crippen molar-refractivity contribution in [3.05, 3.63) is 18.0 Å². The summed E-state index contributed by atoms with van der Waals surface area (Å²) in [5.74, 6) is 0. The Morgan fingerprint density at radius 2 is 2.05 bits per heavy atom. The molecule has 0 spiro atoms. The van der Waals surface area contributed by atoms with E-state index >= 15 is 0 Å². The number of nitrogens with one attached hydrogen (secondary N) is 3. The third kappa shape index (κ3) is 4.00. The molecule has 0 radical (unpaired) electrons. The van der Waals surface area contributed by atoms with Crippen LogP contribution in [-0.4, -0.2) is 38.0 Å². The van der Waals surface area contributed by atoms with Crippen molar-refractivity contribution in [3.63, 3.8) is 0 Å². The zero-order valence-electron chi connectivity index (χ0n) is 12.0. The summed E-state index contributed by atoms with van der Waals surface area (Å²) in [4.78, 5) is 3.31. The normalized spacial score (nSPS) is 23.9. The van der Waals surface area contributed by atoms with Crippen LogP contribution in [0.1, 0.15) is 31.4 Å². The number of hydrogen-bond acceptors (Lipinski definition) is 4. The van der Waals surface area contributed by atoms with E-state index in [-0.39, 0.29) is 6.04 Å². The fourth-order valence-electron chi connectivity index (χ4n) is 2.57. The average molecular weight is 317 g/mol. The van der Waals surface area contributed by atoms with Crippen molar-refractivity contribution in [2.24, 2.45) is 0 Å².